The van der Waals surface area contributed by atoms with Crippen LogP contribution < -0.4 is 5.32 Å². The van der Waals surface area contributed by atoms with Gasteiger partial charge >= 0.3 is 0 Å². The smallest absolute Gasteiger partial charge is 0.259 e. The van der Waals surface area contributed by atoms with Crippen LogP contribution in [-0.2, 0) is 12.8 Å². The van der Waals surface area contributed by atoms with Crippen LogP contribution in [0.3, 0.4) is 0 Å². The summed E-state index contributed by atoms with van der Waals surface area (Å²) in [5.74, 6) is 1.22. The molecule has 0 unspecified atom stereocenters. The summed E-state index contributed by atoms with van der Waals surface area (Å²) >= 11 is 8.68. The monoisotopic (exact) mass is 583 g/mol. The third kappa shape index (κ3) is 4.88. The van der Waals surface area contributed by atoms with Gasteiger partial charge in [-0.05, 0) is 73.7 Å². The first kappa shape index (κ1) is 22.3. The van der Waals surface area contributed by atoms with E-state index in [1.54, 1.807) is 36.0 Å². The fraction of sp³-hybridized carbons (Fsp3) is 0.160. The van der Waals surface area contributed by atoms with Crippen LogP contribution in [-0.4, -0.2) is 17.1 Å². The third-order valence-electron chi connectivity index (χ3n) is 5.43. The number of anilines is 1. The van der Waals surface area contributed by atoms with E-state index in [4.69, 9.17) is 9.41 Å². The van der Waals surface area contributed by atoms with Crippen LogP contribution in [0.2, 0.25) is 0 Å². The number of hydrogen-bond donors (Lipinski definition) is 1. The van der Waals surface area contributed by atoms with Gasteiger partial charge in [-0.3, -0.25) is 9.78 Å². The minimum atomic E-state index is -0.146. The SMILES string of the molecule is O=C(Nc1cccnc1)c1c(N=Cc2ccc(-c3cc(Br)ccc3Br)o2)sc2c1CCCC2. The number of nitrogens with zero attached hydrogens (tertiary/aromatic N) is 2. The minimum Gasteiger partial charge on any atom is -0.455 e. The third-order valence-corrected chi connectivity index (χ3v) is 7.81. The lowest BCUT2D eigenvalue weighted by Gasteiger charge is -2.12. The standard InChI is InChI=1S/C25H19Br2N3O2S/c26-15-7-9-20(27)19(12-15)21-10-8-17(32-21)14-29-25-23(18-5-1-2-6-22(18)33-25)24(31)30-16-4-3-11-28-13-16/h3-4,7-14H,1-2,5-6H2,(H,30,31). The first-order valence-corrected chi connectivity index (χ1v) is 12.9. The van der Waals surface area contributed by atoms with E-state index >= 15 is 0 Å². The van der Waals surface area contributed by atoms with Gasteiger partial charge in [0.05, 0.1) is 23.7 Å². The number of aliphatic imine (C=N–C) groups is 1. The molecular formula is C25H19Br2N3O2S. The molecule has 0 saturated carbocycles. The maximum atomic E-state index is 13.2. The number of fused-ring (bicyclic) bond motifs is 1. The van der Waals surface area contributed by atoms with Crippen LogP contribution in [0.25, 0.3) is 11.3 Å². The second kappa shape index (κ2) is 9.75. The van der Waals surface area contributed by atoms with Gasteiger partial charge in [-0.2, -0.15) is 0 Å². The second-order valence-electron chi connectivity index (χ2n) is 7.67. The van der Waals surface area contributed by atoms with E-state index in [-0.39, 0.29) is 5.91 Å². The minimum absolute atomic E-state index is 0.146. The van der Waals surface area contributed by atoms with Gasteiger partial charge in [-0.25, -0.2) is 4.99 Å². The molecule has 3 heterocycles. The van der Waals surface area contributed by atoms with Gasteiger partial charge < -0.3 is 9.73 Å². The van der Waals surface area contributed by atoms with E-state index in [9.17, 15) is 4.79 Å². The summed E-state index contributed by atoms with van der Waals surface area (Å²) in [6.07, 6.45) is 9.13. The van der Waals surface area contributed by atoms with Crippen LogP contribution in [0, 0.1) is 0 Å². The first-order valence-electron chi connectivity index (χ1n) is 10.5. The fourth-order valence-corrected chi connectivity index (χ4v) is 5.92. The molecule has 1 N–H and O–H groups in total. The van der Waals surface area contributed by atoms with Gasteiger partial charge in [0.2, 0.25) is 0 Å². The Hall–Kier alpha value is -2.55. The van der Waals surface area contributed by atoms with Crippen molar-refractivity contribution in [3.8, 4) is 11.3 Å². The quantitative estimate of drug-likeness (QED) is 0.243. The highest BCUT2D eigenvalue weighted by Crippen LogP contribution is 2.40. The van der Waals surface area contributed by atoms with Crippen molar-refractivity contribution in [1.29, 1.82) is 0 Å². The average molecular weight is 585 g/mol. The number of nitrogens with one attached hydrogen (secondary N) is 1. The Bertz CT molecular complexity index is 1350. The molecule has 1 aliphatic rings. The van der Waals surface area contributed by atoms with E-state index in [0.717, 1.165) is 51.5 Å². The Labute approximate surface area is 212 Å². The molecule has 8 heteroatoms. The normalized spacial score (nSPS) is 13.3. The molecule has 0 spiro atoms. The second-order valence-corrected chi connectivity index (χ2v) is 10.5. The zero-order valence-electron chi connectivity index (χ0n) is 17.5. The number of benzene rings is 1. The van der Waals surface area contributed by atoms with E-state index < -0.39 is 0 Å². The van der Waals surface area contributed by atoms with Crippen LogP contribution in [0.4, 0.5) is 10.7 Å². The summed E-state index contributed by atoms with van der Waals surface area (Å²) in [6.45, 7) is 0. The summed E-state index contributed by atoms with van der Waals surface area (Å²) in [6, 6.07) is 13.4. The van der Waals surface area contributed by atoms with Crippen molar-refractivity contribution in [3.63, 3.8) is 0 Å². The van der Waals surface area contributed by atoms with E-state index in [2.05, 4.69) is 42.2 Å². The number of hydrogen-bond acceptors (Lipinski definition) is 5. The summed E-state index contributed by atoms with van der Waals surface area (Å²) in [4.78, 5) is 23.2. The summed E-state index contributed by atoms with van der Waals surface area (Å²) < 4.78 is 7.94. The molecule has 166 valence electrons. The number of aromatic nitrogens is 1. The number of thiophene rings is 1. The van der Waals surface area contributed by atoms with Gasteiger partial charge in [0.1, 0.15) is 16.5 Å². The molecule has 0 aliphatic heterocycles. The van der Waals surface area contributed by atoms with Crippen molar-refractivity contribution in [2.45, 2.75) is 25.7 Å². The zero-order valence-corrected chi connectivity index (χ0v) is 21.5. The molecule has 3 aromatic heterocycles. The van der Waals surface area contributed by atoms with Crippen LogP contribution in [0.5, 0.6) is 0 Å². The van der Waals surface area contributed by atoms with Crippen molar-refractivity contribution in [2.24, 2.45) is 4.99 Å². The molecule has 5 rings (SSSR count). The lowest BCUT2D eigenvalue weighted by molar-refractivity contribution is 0.102. The molecule has 0 bridgehead atoms. The van der Waals surface area contributed by atoms with Crippen molar-refractivity contribution < 1.29 is 9.21 Å². The maximum Gasteiger partial charge on any atom is 0.259 e. The van der Waals surface area contributed by atoms with Gasteiger partial charge in [-0.15, -0.1) is 11.3 Å². The highest BCUT2D eigenvalue weighted by Gasteiger charge is 2.25. The predicted octanol–water partition coefficient (Wildman–Crippen LogP) is 7.81. The summed E-state index contributed by atoms with van der Waals surface area (Å²) in [5.41, 5.74) is 3.41. The number of aryl methyl sites for hydroxylation is 1. The molecule has 0 saturated heterocycles. The number of halogens is 2. The van der Waals surface area contributed by atoms with Crippen molar-refractivity contribution in [3.05, 3.63) is 85.6 Å². The number of furan rings is 1. The maximum absolute atomic E-state index is 13.2. The van der Waals surface area contributed by atoms with Gasteiger partial charge in [-0.1, -0.05) is 31.9 Å². The molecule has 1 amide bonds. The average Bonchev–Trinajstić information content (AvgIpc) is 3.44. The Morgan fingerprint density at radius 3 is 2.88 bits per heavy atom. The zero-order chi connectivity index (χ0) is 22.8. The number of amides is 1. The first-order chi connectivity index (χ1) is 16.1. The molecule has 0 radical (unpaired) electrons. The number of carbonyl (C=O) groups is 1. The van der Waals surface area contributed by atoms with Crippen LogP contribution >= 0.6 is 43.2 Å². The lowest BCUT2D eigenvalue weighted by atomic mass is 9.95. The van der Waals surface area contributed by atoms with Gasteiger partial charge in [0.25, 0.3) is 5.91 Å². The van der Waals surface area contributed by atoms with Crippen molar-refractivity contribution in [2.75, 3.05) is 5.32 Å². The van der Waals surface area contributed by atoms with E-state index in [1.165, 1.54) is 4.88 Å². The molecular weight excluding hydrogens is 566 g/mol. The molecule has 1 aromatic carbocycles. The van der Waals surface area contributed by atoms with Crippen molar-refractivity contribution >= 4 is 66.0 Å². The largest absolute Gasteiger partial charge is 0.455 e. The van der Waals surface area contributed by atoms with Crippen LogP contribution in [0.15, 0.2) is 73.2 Å². The number of pyridine rings is 1. The molecule has 0 atom stereocenters. The Kier molecular flexibility index (Phi) is 6.57. The lowest BCUT2D eigenvalue weighted by Crippen LogP contribution is -2.14. The molecule has 1 aliphatic carbocycles. The molecule has 5 nitrogen and oxygen atoms in total. The number of rotatable bonds is 5. The molecule has 33 heavy (non-hydrogen) atoms. The van der Waals surface area contributed by atoms with E-state index in [1.807, 2.05) is 36.4 Å². The summed E-state index contributed by atoms with van der Waals surface area (Å²) in [5, 5.41) is 3.68. The molecule has 4 aromatic rings. The fourth-order valence-electron chi connectivity index (χ4n) is 3.88. The van der Waals surface area contributed by atoms with Crippen LogP contribution in [0.1, 0.15) is 39.4 Å². The Balaban J connectivity index is 1.45. The van der Waals surface area contributed by atoms with Gasteiger partial charge in [0.15, 0.2) is 0 Å². The molecule has 0 fully saturated rings. The highest BCUT2D eigenvalue weighted by molar-refractivity contribution is 9.11. The van der Waals surface area contributed by atoms with Gasteiger partial charge in [0, 0.05) is 25.6 Å². The summed E-state index contributed by atoms with van der Waals surface area (Å²) in [7, 11) is 0. The Morgan fingerprint density at radius 2 is 2.03 bits per heavy atom. The van der Waals surface area contributed by atoms with Crippen molar-refractivity contribution in [1.82, 2.24) is 4.98 Å². The highest BCUT2D eigenvalue weighted by atomic mass is 79.9. The van der Waals surface area contributed by atoms with E-state index in [0.29, 0.717) is 22.0 Å². The Morgan fingerprint density at radius 1 is 1.15 bits per heavy atom. The predicted molar refractivity (Wildman–Crippen MR) is 140 cm³/mol. The topological polar surface area (TPSA) is 67.5 Å². The number of carbonyl (C=O) groups excluding carboxylic acids is 1.